The van der Waals surface area contributed by atoms with Crippen LogP contribution in [0.1, 0.15) is 41.8 Å². The van der Waals surface area contributed by atoms with Crippen molar-refractivity contribution in [2.24, 2.45) is 5.92 Å². The number of amides is 3. The van der Waals surface area contributed by atoms with E-state index in [1.165, 1.54) is 17.0 Å². The predicted molar refractivity (Wildman–Crippen MR) is 156 cm³/mol. The van der Waals surface area contributed by atoms with E-state index in [1.807, 2.05) is 48.2 Å². The average molecular weight is 545 g/mol. The highest BCUT2D eigenvalue weighted by molar-refractivity contribution is 5.99. The maximum Gasteiger partial charge on any atom is 0.254 e. The molecule has 1 aliphatic rings. The minimum atomic E-state index is -0.358. The van der Waals surface area contributed by atoms with Crippen molar-refractivity contribution in [2.45, 2.75) is 33.7 Å². The van der Waals surface area contributed by atoms with Crippen molar-refractivity contribution in [3.8, 4) is 0 Å². The summed E-state index contributed by atoms with van der Waals surface area (Å²) in [7, 11) is 0. The van der Waals surface area contributed by atoms with Gasteiger partial charge in [-0.3, -0.25) is 14.4 Å². The molecule has 7 nitrogen and oxygen atoms in total. The molecule has 0 spiro atoms. The maximum absolute atomic E-state index is 13.4. The molecule has 8 heteroatoms. The highest BCUT2D eigenvalue weighted by Crippen LogP contribution is 2.21. The van der Waals surface area contributed by atoms with Crippen LogP contribution < -0.4 is 10.2 Å². The summed E-state index contributed by atoms with van der Waals surface area (Å²) in [5.74, 6) is -0.401. The van der Waals surface area contributed by atoms with E-state index in [2.05, 4.69) is 24.1 Å². The monoisotopic (exact) mass is 544 g/mol. The first kappa shape index (κ1) is 28.8. The van der Waals surface area contributed by atoms with Gasteiger partial charge in [-0.05, 0) is 66.9 Å². The molecule has 3 aromatic carbocycles. The van der Waals surface area contributed by atoms with Gasteiger partial charge in [0.1, 0.15) is 12.4 Å². The summed E-state index contributed by atoms with van der Waals surface area (Å²) in [5.41, 5.74) is 3.90. The van der Waals surface area contributed by atoms with E-state index in [9.17, 15) is 18.8 Å². The number of carbonyl (C=O) groups is 3. The fourth-order valence-corrected chi connectivity index (χ4v) is 4.71. The Morgan fingerprint density at radius 1 is 0.875 bits per heavy atom. The van der Waals surface area contributed by atoms with Gasteiger partial charge in [0.15, 0.2) is 0 Å². The number of benzene rings is 3. The number of carbonyl (C=O) groups excluding carboxylic acids is 3. The van der Waals surface area contributed by atoms with Crippen LogP contribution in [-0.2, 0) is 16.1 Å². The molecule has 210 valence electrons. The minimum absolute atomic E-state index is 0.155. The first-order chi connectivity index (χ1) is 19.2. The number of nitrogens with zero attached hydrogens (tertiary/aromatic N) is 3. The molecular weight excluding hydrogens is 507 g/mol. The molecule has 1 saturated heterocycles. The molecule has 0 unspecified atom stereocenters. The Labute approximate surface area is 235 Å². The number of nitrogens with one attached hydrogen (secondary N) is 1. The quantitative estimate of drug-likeness (QED) is 0.406. The van der Waals surface area contributed by atoms with Crippen molar-refractivity contribution in [2.75, 3.05) is 42.9 Å². The molecule has 0 aliphatic carbocycles. The van der Waals surface area contributed by atoms with Gasteiger partial charge in [-0.25, -0.2) is 4.39 Å². The molecule has 0 bridgehead atoms. The predicted octanol–water partition coefficient (Wildman–Crippen LogP) is 5.11. The number of aryl methyl sites for hydroxylation is 1. The van der Waals surface area contributed by atoms with Gasteiger partial charge in [0, 0.05) is 56.1 Å². The van der Waals surface area contributed by atoms with Crippen LogP contribution in [0.4, 0.5) is 15.8 Å². The molecule has 40 heavy (non-hydrogen) atoms. The zero-order valence-electron chi connectivity index (χ0n) is 23.4. The fraction of sp³-hybridized carbons (Fsp3) is 0.344. The number of anilines is 2. The van der Waals surface area contributed by atoms with Crippen molar-refractivity contribution in [3.05, 3.63) is 95.3 Å². The van der Waals surface area contributed by atoms with Crippen molar-refractivity contribution >= 4 is 29.1 Å². The second kappa shape index (κ2) is 13.2. The first-order valence-electron chi connectivity index (χ1n) is 13.7. The van der Waals surface area contributed by atoms with Crippen LogP contribution in [0.15, 0.2) is 72.8 Å². The molecule has 3 aromatic rings. The normalized spacial score (nSPS) is 13.3. The molecule has 1 N–H and O–H groups in total. The van der Waals surface area contributed by atoms with E-state index < -0.39 is 0 Å². The molecule has 1 fully saturated rings. The van der Waals surface area contributed by atoms with Gasteiger partial charge >= 0.3 is 0 Å². The van der Waals surface area contributed by atoms with E-state index in [0.717, 1.165) is 29.9 Å². The summed E-state index contributed by atoms with van der Waals surface area (Å²) in [6.07, 6.45) is 0.576. The molecule has 4 rings (SSSR count). The fourth-order valence-electron chi connectivity index (χ4n) is 4.71. The number of halogens is 1. The Bertz CT molecular complexity index is 1300. The second-order valence-electron chi connectivity index (χ2n) is 10.7. The highest BCUT2D eigenvalue weighted by Gasteiger charge is 2.22. The number of rotatable bonds is 9. The van der Waals surface area contributed by atoms with Crippen molar-refractivity contribution in [1.82, 2.24) is 9.80 Å². The third-order valence-electron chi connectivity index (χ3n) is 6.94. The Balaban J connectivity index is 1.37. The van der Waals surface area contributed by atoms with Gasteiger partial charge in [-0.15, -0.1) is 0 Å². The lowest BCUT2D eigenvalue weighted by Crippen LogP contribution is -2.49. The van der Waals surface area contributed by atoms with Crippen LogP contribution in [0, 0.1) is 18.7 Å². The van der Waals surface area contributed by atoms with E-state index in [1.54, 1.807) is 24.3 Å². The van der Waals surface area contributed by atoms with Gasteiger partial charge in [0.2, 0.25) is 11.8 Å². The minimum Gasteiger partial charge on any atom is -0.368 e. The third kappa shape index (κ3) is 7.91. The van der Waals surface area contributed by atoms with Gasteiger partial charge in [-0.2, -0.15) is 0 Å². The van der Waals surface area contributed by atoms with E-state index in [0.29, 0.717) is 36.7 Å². The van der Waals surface area contributed by atoms with Crippen LogP contribution in [0.2, 0.25) is 0 Å². The van der Waals surface area contributed by atoms with Crippen LogP contribution in [0.5, 0.6) is 0 Å². The average Bonchev–Trinajstić information content (AvgIpc) is 2.94. The summed E-state index contributed by atoms with van der Waals surface area (Å²) in [4.78, 5) is 44.3. The van der Waals surface area contributed by atoms with Crippen molar-refractivity contribution in [1.29, 1.82) is 0 Å². The molecule has 1 aliphatic heterocycles. The number of piperazine rings is 1. The van der Waals surface area contributed by atoms with Crippen LogP contribution in [0.3, 0.4) is 0 Å². The van der Waals surface area contributed by atoms with E-state index in [4.69, 9.17) is 0 Å². The Morgan fingerprint density at radius 2 is 1.50 bits per heavy atom. The van der Waals surface area contributed by atoms with Crippen molar-refractivity contribution < 1.29 is 18.8 Å². The van der Waals surface area contributed by atoms with Gasteiger partial charge in [0.05, 0.1) is 0 Å². The molecule has 0 atom stereocenters. The molecule has 0 aromatic heterocycles. The van der Waals surface area contributed by atoms with E-state index >= 15 is 0 Å². The smallest absolute Gasteiger partial charge is 0.254 e. The molecule has 1 heterocycles. The largest absolute Gasteiger partial charge is 0.368 e. The summed E-state index contributed by atoms with van der Waals surface area (Å²) < 4.78 is 13.4. The van der Waals surface area contributed by atoms with Crippen LogP contribution in [0.25, 0.3) is 0 Å². The topological polar surface area (TPSA) is 73.0 Å². The third-order valence-corrected chi connectivity index (χ3v) is 6.94. The van der Waals surface area contributed by atoms with Gasteiger partial charge < -0.3 is 20.0 Å². The number of hydrogen-bond acceptors (Lipinski definition) is 4. The SMILES string of the molecule is Cc1ccc(C(=O)N(CC(=O)Nc2ccc(N3CCN(C(=O)CC(C)C)CC3)cc2)Cc2ccc(F)cc2)cc1. The second-order valence-corrected chi connectivity index (χ2v) is 10.7. The maximum atomic E-state index is 13.4. The summed E-state index contributed by atoms with van der Waals surface area (Å²) in [5, 5.41) is 2.89. The summed E-state index contributed by atoms with van der Waals surface area (Å²) >= 11 is 0. The zero-order chi connectivity index (χ0) is 28.6. The van der Waals surface area contributed by atoms with Gasteiger partial charge in [-0.1, -0.05) is 43.7 Å². The molecule has 3 amide bonds. The van der Waals surface area contributed by atoms with Gasteiger partial charge in [0.25, 0.3) is 5.91 Å². The lowest BCUT2D eigenvalue weighted by atomic mass is 10.1. The molecule has 0 radical (unpaired) electrons. The zero-order valence-corrected chi connectivity index (χ0v) is 23.4. The lowest BCUT2D eigenvalue weighted by Gasteiger charge is -2.36. The summed E-state index contributed by atoms with van der Waals surface area (Å²) in [6, 6.07) is 20.7. The molecular formula is C32H37FN4O3. The lowest BCUT2D eigenvalue weighted by molar-refractivity contribution is -0.132. The van der Waals surface area contributed by atoms with Crippen LogP contribution in [-0.4, -0.2) is 60.2 Å². The standard InChI is InChI=1S/C32H37FN4O3/c1-23(2)20-31(39)36-18-16-35(17-19-36)29-14-12-28(13-15-29)34-30(38)22-37(21-25-6-10-27(33)11-7-25)32(40)26-8-4-24(3)5-9-26/h4-15,23H,16-22H2,1-3H3,(H,34,38). The summed E-state index contributed by atoms with van der Waals surface area (Å²) in [6.45, 7) is 8.98. The Morgan fingerprint density at radius 3 is 2.10 bits per heavy atom. The van der Waals surface area contributed by atoms with Crippen molar-refractivity contribution in [3.63, 3.8) is 0 Å². The van der Waals surface area contributed by atoms with Crippen LogP contribution >= 0.6 is 0 Å². The Kier molecular flexibility index (Phi) is 9.53. The van der Waals surface area contributed by atoms with E-state index in [-0.39, 0.29) is 36.6 Å². The Hall–Kier alpha value is -4.20. The first-order valence-corrected chi connectivity index (χ1v) is 13.7. The number of hydrogen-bond donors (Lipinski definition) is 1. The highest BCUT2D eigenvalue weighted by atomic mass is 19.1. The molecule has 0 saturated carbocycles.